The Bertz CT molecular complexity index is 1310. The average molecular weight is 483 g/mol. The van der Waals surface area contributed by atoms with E-state index in [1.54, 1.807) is 7.11 Å². The molecule has 6 heteroatoms. The van der Waals surface area contributed by atoms with Gasteiger partial charge in [-0.15, -0.1) is 0 Å². The maximum Gasteiger partial charge on any atom is 0.224 e. The molecule has 0 bridgehead atoms. The highest BCUT2D eigenvalue weighted by atomic mass is 16.5. The number of hydrogen-bond acceptors (Lipinski definition) is 4. The van der Waals surface area contributed by atoms with Crippen LogP contribution in [0.25, 0.3) is 11.0 Å². The summed E-state index contributed by atoms with van der Waals surface area (Å²) < 4.78 is 7.62. The Morgan fingerprint density at radius 1 is 1.00 bits per heavy atom. The molecule has 6 nitrogen and oxygen atoms in total. The number of methoxy groups -OCH3 is 1. The van der Waals surface area contributed by atoms with Gasteiger partial charge in [-0.1, -0.05) is 54.1 Å². The number of benzene rings is 3. The fourth-order valence-corrected chi connectivity index (χ4v) is 4.99. The lowest BCUT2D eigenvalue weighted by molar-refractivity contribution is -0.127. The maximum atomic E-state index is 13.0. The van der Waals surface area contributed by atoms with Crippen molar-refractivity contribution in [1.82, 2.24) is 19.8 Å². The molecule has 36 heavy (non-hydrogen) atoms. The minimum Gasteiger partial charge on any atom is -0.497 e. The number of aryl methyl sites for hydroxylation is 1. The van der Waals surface area contributed by atoms with Gasteiger partial charge in [0, 0.05) is 19.6 Å². The van der Waals surface area contributed by atoms with Crippen LogP contribution in [0.3, 0.4) is 0 Å². The largest absolute Gasteiger partial charge is 0.497 e. The topological polar surface area (TPSA) is 59.4 Å². The number of amides is 1. The zero-order valence-corrected chi connectivity index (χ0v) is 21.1. The number of nitrogens with one attached hydrogen (secondary N) is 1. The van der Waals surface area contributed by atoms with E-state index >= 15 is 0 Å². The standard InChI is InChI=1S/C30H34N4O2/c1-22-9-11-23(12-10-22)18-31-30(35)25-6-5-17-33(20-25)21-29-32-27-7-3-4-8-28(27)34(29)19-24-13-15-26(36-2)16-14-24/h3-4,7-16,25H,5-6,17-21H2,1-2H3,(H,31,35)/t25-/m1/s1. The van der Waals surface area contributed by atoms with Crippen LogP contribution in [0.2, 0.25) is 0 Å². The van der Waals surface area contributed by atoms with Gasteiger partial charge >= 0.3 is 0 Å². The molecule has 0 aliphatic carbocycles. The van der Waals surface area contributed by atoms with Crippen molar-refractivity contribution < 1.29 is 9.53 Å². The van der Waals surface area contributed by atoms with E-state index in [0.29, 0.717) is 6.54 Å². The molecule has 1 N–H and O–H groups in total. The number of carbonyl (C=O) groups excluding carboxylic acids is 1. The zero-order chi connectivity index (χ0) is 24.9. The SMILES string of the molecule is COc1ccc(Cn2c(CN3CCC[C@@H](C(=O)NCc4ccc(C)cc4)C3)nc3ccccc32)cc1. The molecule has 0 radical (unpaired) electrons. The minimum absolute atomic E-state index is 0.00335. The van der Waals surface area contributed by atoms with Crippen molar-refractivity contribution in [2.24, 2.45) is 5.92 Å². The summed E-state index contributed by atoms with van der Waals surface area (Å²) in [5.41, 5.74) is 5.70. The number of likely N-dealkylation sites (tertiary alicyclic amines) is 1. The van der Waals surface area contributed by atoms with Gasteiger partial charge in [0.25, 0.3) is 0 Å². The zero-order valence-electron chi connectivity index (χ0n) is 21.1. The number of carbonyl (C=O) groups is 1. The predicted molar refractivity (Wildman–Crippen MR) is 143 cm³/mol. The molecule has 1 fully saturated rings. The molecule has 0 unspecified atom stereocenters. The molecule has 0 saturated carbocycles. The van der Waals surface area contributed by atoms with Crippen LogP contribution in [-0.2, 0) is 24.4 Å². The van der Waals surface area contributed by atoms with Gasteiger partial charge in [-0.2, -0.15) is 0 Å². The van der Waals surface area contributed by atoms with E-state index in [1.165, 1.54) is 11.1 Å². The first kappa shape index (κ1) is 24.1. The van der Waals surface area contributed by atoms with Crippen molar-refractivity contribution in [3.63, 3.8) is 0 Å². The second kappa shape index (κ2) is 11.0. The van der Waals surface area contributed by atoms with Crippen LogP contribution < -0.4 is 10.1 Å². The smallest absolute Gasteiger partial charge is 0.224 e. The molecule has 4 aromatic rings. The molecule has 0 spiro atoms. The number of ether oxygens (including phenoxy) is 1. The lowest BCUT2D eigenvalue weighted by atomic mass is 9.97. The summed E-state index contributed by atoms with van der Waals surface area (Å²) in [6, 6.07) is 24.8. The van der Waals surface area contributed by atoms with Gasteiger partial charge in [0.05, 0.1) is 30.6 Å². The van der Waals surface area contributed by atoms with Crippen LogP contribution in [-0.4, -0.2) is 40.6 Å². The second-order valence-electron chi connectivity index (χ2n) is 9.73. The summed E-state index contributed by atoms with van der Waals surface area (Å²) in [6.07, 6.45) is 1.94. The highest BCUT2D eigenvalue weighted by Gasteiger charge is 2.27. The minimum atomic E-state index is 0.00335. The van der Waals surface area contributed by atoms with E-state index in [4.69, 9.17) is 9.72 Å². The van der Waals surface area contributed by atoms with Gasteiger partial charge in [0.2, 0.25) is 5.91 Å². The van der Waals surface area contributed by atoms with Crippen LogP contribution in [0, 0.1) is 12.8 Å². The first-order valence-electron chi connectivity index (χ1n) is 12.7. The van der Waals surface area contributed by atoms with Crippen LogP contribution >= 0.6 is 0 Å². The van der Waals surface area contributed by atoms with Crippen molar-refractivity contribution >= 4 is 16.9 Å². The van der Waals surface area contributed by atoms with E-state index < -0.39 is 0 Å². The lowest BCUT2D eigenvalue weighted by Crippen LogP contribution is -2.42. The van der Waals surface area contributed by atoms with Gasteiger partial charge in [-0.3, -0.25) is 9.69 Å². The van der Waals surface area contributed by atoms with E-state index in [0.717, 1.165) is 67.2 Å². The Kier molecular flexibility index (Phi) is 7.33. The number of piperidine rings is 1. The molecule has 1 aliphatic rings. The van der Waals surface area contributed by atoms with Crippen molar-refractivity contribution in [1.29, 1.82) is 0 Å². The van der Waals surface area contributed by atoms with Crippen LogP contribution in [0.5, 0.6) is 5.75 Å². The maximum absolute atomic E-state index is 13.0. The summed E-state index contributed by atoms with van der Waals surface area (Å²) in [7, 11) is 1.69. The van der Waals surface area contributed by atoms with Crippen LogP contribution in [0.4, 0.5) is 0 Å². The highest BCUT2D eigenvalue weighted by molar-refractivity contribution is 5.79. The van der Waals surface area contributed by atoms with E-state index in [2.05, 4.69) is 76.3 Å². The molecular weight excluding hydrogens is 448 g/mol. The van der Waals surface area contributed by atoms with Crippen LogP contribution in [0.1, 0.15) is 35.4 Å². The highest BCUT2D eigenvalue weighted by Crippen LogP contribution is 2.23. The number of hydrogen-bond donors (Lipinski definition) is 1. The number of imidazole rings is 1. The second-order valence-corrected chi connectivity index (χ2v) is 9.73. The van der Waals surface area contributed by atoms with Crippen LogP contribution in [0.15, 0.2) is 72.8 Å². The van der Waals surface area contributed by atoms with Gasteiger partial charge in [-0.05, 0) is 61.7 Å². The van der Waals surface area contributed by atoms with Crippen molar-refractivity contribution in [2.75, 3.05) is 20.2 Å². The van der Waals surface area contributed by atoms with E-state index in [-0.39, 0.29) is 11.8 Å². The Balaban J connectivity index is 1.28. The third-order valence-corrected chi connectivity index (χ3v) is 7.06. The van der Waals surface area contributed by atoms with E-state index in [1.807, 2.05) is 18.2 Å². The molecule has 2 heterocycles. The first-order valence-corrected chi connectivity index (χ1v) is 12.7. The average Bonchev–Trinajstić information content (AvgIpc) is 3.25. The normalized spacial score (nSPS) is 16.2. The first-order chi connectivity index (χ1) is 17.6. The molecule has 1 aliphatic heterocycles. The molecule has 1 amide bonds. The predicted octanol–water partition coefficient (Wildman–Crippen LogP) is 4.93. The van der Waals surface area contributed by atoms with E-state index in [9.17, 15) is 4.79 Å². The number of aromatic nitrogens is 2. The summed E-state index contributed by atoms with van der Waals surface area (Å²) in [5, 5.41) is 3.15. The summed E-state index contributed by atoms with van der Waals surface area (Å²) in [6.45, 7) is 5.86. The summed E-state index contributed by atoms with van der Waals surface area (Å²) in [5.74, 6) is 2.04. The summed E-state index contributed by atoms with van der Waals surface area (Å²) in [4.78, 5) is 20.3. The number of nitrogens with zero attached hydrogens (tertiary/aromatic N) is 3. The van der Waals surface area contributed by atoms with Gasteiger partial charge in [0.15, 0.2) is 0 Å². The third-order valence-electron chi connectivity index (χ3n) is 7.06. The van der Waals surface area contributed by atoms with Gasteiger partial charge in [-0.25, -0.2) is 4.98 Å². The fraction of sp³-hybridized carbons (Fsp3) is 0.333. The fourth-order valence-electron chi connectivity index (χ4n) is 4.99. The molecule has 1 atom stereocenters. The lowest BCUT2D eigenvalue weighted by Gasteiger charge is -2.31. The van der Waals surface area contributed by atoms with Crippen molar-refractivity contribution in [3.05, 3.63) is 95.3 Å². The number of para-hydroxylation sites is 2. The molecule has 1 aromatic heterocycles. The van der Waals surface area contributed by atoms with Crippen molar-refractivity contribution in [2.45, 2.75) is 39.4 Å². The molecule has 1 saturated heterocycles. The molecule has 3 aromatic carbocycles. The Labute approximate surface area is 212 Å². The molecule has 5 rings (SSSR count). The molecular formula is C30H34N4O2. The monoisotopic (exact) mass is 482 g/mol. The Hall–Kier alpha value is -3.64. The van der Waals surface area contributed by atoms with Crippen molar-refractivity contribution in [3.8, 4) is 5.75 Å². The molecule has 186 valence electrons. The quantitative estimate of drug-likeness (QED) is 0.387. The Morgan fingerprint density at radius 2 is 1.75 bits per heavy atom. The van der Waals surface area contributed by atoms with Gasteiger partial charge in [0.1, 0.15) is 11.6 Å². The summed E-state index contributed by atoms with van der Waals surface area (Å²) >= 11 is 0. The van der Waals surface area contributed by atoms with Gasteiger partial charge < -0.3 is 14.6 Å². The third kappa shape index (κ3) is 5.60. The Morgan fingerprint density at radius 3 is 2.53 bits per heavy atom. The number of rotatable bonds is 8. The number of fused-ring (bicyclic) bond motifs is 1.